The van der Waals surface area contributed by atoms with Crippen molar-refractivity contribution in [3.63, 3.8) is 0 Å². The van der Waals surface area contributed by atoms with E-state index in [4.69, 9.17) is 4.74 Å². The number of benzene rings is 1. The van der Waals surface area contributed by atoms with Crippen LogP contribution in [0.15, 0.2) is 33.9 Å². The Morgan fingerprint density at radius 2 is 1.91 bits per heavy atom. The molecular formula is C23H24N4O5. The predicted octanol–water partition coefficient (Wildman–Crippen LogP) is 1.10. The molecule has 32 heavy (non-hydrogen) atoms. The van der Waals surface area contributed by atoms with E-state index in [9.17, 15) is 19.5 Å². The predicted molar refractivity (Wildman–Crippen MR) is 118 cm³/mol. The van der Waals surface area contributed by atoms with Crippen LogP contribution in [0, 0.1) is 17.8 Å². The van der Waals surface area contributed by atoms with Crippen LogP contribution >= 0.6 is 0 Å². The molecule has 0 saturated carbocycles. The summed E-state index contributed by atoms with van der Waals surface area (Å²) in [5.74, 6) is 5.54. The first-order valence-corrected chi connectivity index (χ1v) is 10.1. The second kappa shape index (κ2) is 9.58. The van der Waals surface area contributed by atoms with Gasteiger partial charge in [-0.1, -0.05) is 38.0 Å². The van der Waals surface area contributed by atoms with Gasteiger partial charge in [-0.25, -0.2) is 14.8 Å². The number of carbonyl (C=O) groups excluding carboxylic acids is 1. The molecule has 0 radical (unpaired) electrons. The van der Waals surface area contributed by atoms with Crippen molar-refractivity contribution >= 4 is 17.1 Å². The molecule has 2 aromatic heterocycles. The van der Waals surface area contributed by atoms with Crippen molar-refractivity contribution < 1.29 is 14.6 Å². The van der Waals surface area contributed by atoms with Crippen molar-refractivity contribution in [2.24, 2.45) is 13.0 Å². The van der Waals surface area contributed by atoms with Gasteiger partial charge >= 0.3 is 11.7 Å². The van der Waals surface area contributed by atoms with Gasteiger partial charge in [0.2, 0.25) is 0 Å². The van der Waals surface area contributed by atoms with E-state index < -0.39 is 23.8 Å². The zero-order chi connectivity index (χ0) is 23.4. The Labute approximate surface area is 184 Å². The third-order valence-corrected chi connectivity index (χ3v) is 4.69. The molecule has 3 aromatic rings. The summed E-state index contributed by atoms with van der Waals surface area (Å²) in [7, 11) is 1.39. The molecule has 0 atom stereocenters. The highest BCUT2D eigenvalue weighted by Crippen LogP contribution is 2.12. The number of aromatic nitrogens is 4. The van der Waals surface area contributed by atoms with E-state index >= 15 is 0 Å². The van der Waals surface area contributed by atoms with Crippen LogP contribution in [0.5, 0.6) is 0 Å². The van der Waals surface area contributed by atoms with Crippen molar-refractivity contribution in [3.05, 3.63) is 67.6 Å². The van der Waals surface area contributed by atoms with Crippen LogP contribution in [0.1, 0.15) is 43.3 Å². The standard InChI is InChI=1S/C23H24N4O5/c1-14(2)11-27-21-20(22(30)26(4)23(27)31)24-18(19(12-28)25-21)10-9-16-7-5-6-8-17(16)13-32-15(3)29/h5-8,14,28H,11-13H2,1-4H3. The molecule has 0 bridgehead atoms. The van der Waals surface area contributed by atoms with Crippen LogP contribution in [0.3, 0.4) is 0 Å². The van der Waals surface area contributed by atoms with E-state index in [2.05, 4.69) is 21.8 Å². The highest BCUT2D eigenvalue weighted by molar-refractivity contribution is 5.70. The highest BCUT2D eigenvalue weighted by atomic mass is 16.5. The molecule has 166 valence electrons. The number of nitrogens with zero attached hydrogens (tertiary/aromatic N) is 4. The summed E-state index contributed by atoms with van der Waals surface area (Å²) in [6.07, 6.45) is 0. The number of esters is 1. The number of fused-ring (bicyclic) bond motifs is 1. The number of aliphatic hydroxyl groups excluding tert-OH is 1. The van der Waals surface area contributed by atoms with Crippen molar-refractivity contribution in [2.45, 2.75) is 40.5 Å². The number of ether oxygens (including phenoxy) is 1. The summed E-state index contributed by atoms with van der Waals surface area (Å²) < 4.78 is 7.43. The largest absolute Gasteiger partial charge is 0.461 e. The van der Waals surface area contributed by atoms with Gasteiger partial charge < -0.3 is 9.84 Å². The smallest absolute Gasteiger partial charge is 0.332 e. The van der Waals surface area contributed by atoms with E-state index in [1.807, 2.05) is 13.8 Å². The van der Waals surface area contributed by atoms with Crippen LogP contribution < -0.4 is 11.2 Å². The SMILES string of the molecule is CC(=O)OCc1ccccc1C#Cc1nc2c(=O)n(C)c(=O)n(CC(C)C)c2nc1CO. The summed E-state index contributed by atoms with van der Waals surface area (Å²) in [6.45, 7) is 5.16. The third kappa shape index (κ3) is 4.76. The van der Waals surface area contributed by atoms with Gasteiger partial charge in [-0.2, -0.15) is 0 Å². The molecule has 1 aromatic carbocycles. The number of hydrogen-bond donors (Lipinski definition) is 1. The Morgan fingerprint density at radius 1 is 1.19 bits per heavy atom. The first-order chi connectivity index (χ1) is 15.2. The molecule has 0 spiro atoms. The maximum atomic E-state index is 12.7. The monoisotopic (exact) mass is 436 g/mol. The van der Waals surface area contributed by atoms with Gasteiger partial charge in [0.1, 0.15) is 18.0 Å². The van der Waals surface area contributed by atoms with Crippen LogP contribution in [-0.4, -0.2) is 30.2 Å². The van der Waals surface area contributed by atoms with E-state index in [1.165, 1.54) is 18.5 Å². The zero-order valence-corrected chi connectivity index (χ0v) is 18.4. The second-order valence-corrected chi connectivity index (χ2v) is 7.69. The lowest BCUT2D eigenvalue weighted by atomic mass is 10.1. The molecule has 0 saturated heterocycles. The van der Waals surface area contributed by atoms with Gasteiger partial charge in [-0.05, 0) is 17.9 Å². The molecule has 9 nitrogen and oxygen atoms in total. The fraction of sp³-hybridized carbons (Fsp3) is 0.348. The Bertz CT molecular complexity index is 1360. The minimum absolute atomic E-state index is 0.00227. The topological polar surface area (TPSA) is 116 Å². The summed E-state index contributed by atoms with van der Waals surface area (Å²) in [5.41, 5.74) is 0.655. The lowest BCUT2D eigenvalue weighted by Gasteiger charge is -2.13. The molecule has 0 aliphatic carbocycles. The van der Waals surface area contributed by atoms with E-state index in [-0.39, 0.29) is 35.1 Å². The zero-order valence-electron chi connectivity index (χ0n) is 18.4. The van der Waals surface area contributed by atoms with Crippen LogP contribution in [-0.2, 0) is 36.3 Å². The molecule has 0 aliphatic rings. The van der Waals surface area contributed by atoms with Crippen LogP contribution in [0.2, 0.25) is 0 Å². The molecule has 9 heteroatoms. The van der Waals surface area contributed by atoms with E-state index in [0.29, 0.717) is 17.7 Å². The summed E-state index contributed by atoms with van der Waals surface area (Å²) >= 11 is 0. The van der Waals surface area contributed by atoms with Gasteiger partial charge in [0.15, 0.2) is 11.2 Å². The number of rotatable bonds is 5. The van der Waals surface area contributed by atoms with Crippen molar-refractivity contribution in [1.29, 1.82) is 0 Å². The van der Waals surface area contributed by atoms with Gasteiger partial charge in [0, 0.05) is 31.6 Å². The molecule has 0 amide bonds. The second-order valence-electron chi connectivity index (χ2n) is 7.69. The molecular weight excluding hydrogens is 412 g/mol. The average Bonchev–Trinajstić information content (AvgIpc) is 2.77. The molecule has 1 N–H and O–H groups in total. The third-order valence-electron chi connectivity index (χ3n) is 4.69. The number of hydrogen-bond acceptors (Lipinski definition) is 7. The number of aliphatic hydroxyl groups is 1. The molecule has 0 fully saturated rings. The molecule has 3 rings (SSSR count). The Kier molecular flexibility index (Phi) is 6.85. The average molecular weight is 436 g/mol. The molecule has 0 aliphatic heterocycles. The van der Waals surface area contributed by atoms with Gasteiger partial charge in [-0.3, -0.25) is 18.7 Å². The minimum Gasteiger partial charge on any atom is -0.461 e. The van der Waals surface area contributed by atoms with Crippen molar-refractivity contribution in [1.82, 2.24) is 19.1 Å². The summed E-state index contributed by atoms with van der Waals surface area (Å²) in [4.78, 5) is 45.2. The molecule has 0 unspecified atom stereocenters. The normalized spacial score (nSPS) is 10.8. The lowest BCUT2D eigenvalue weighted by molar-refractivity contribution is -0.142. The van der Waals surface area contributed by atoms with E-state index in [0.717, 1.165) is 4.57 Å². The lowest BCUT2D eigenvalue weighted by Crippen LogP contribution is -2.40. The van der Waals surface area contributed by atoms with Crippen LogP contribution in [0.25, 0.3) is 11.2 Å². The first kappa shape index (κ1) is 22.9. The maximum Gasteiger partial charge on any atom is 0.332 e. The van der Waals surface area contributed by atoms with Gasteiger partial charge in [0.25, 0.3) is 5.56 Å². The fourth-order valence-electron chi connectivity index (χ4n) is 3.12. The number of carbonyl (C=O) groups is 1. The summed E-state index contributed by atoms with van der Waals surface area (Å²) in [5, 5.41) is 9.84. The van der Waals surface area contributed by atoms with E-state index in [1.54, 1.807) is 24.3 Å². The quantitative estimate of drug-likeness (QED) is 0.470. The Balaban J connectivity index is 2.18. The van der Waals surface area contributed by atoms with Gasteiger partial charge in [-0.15, -0.1) is 0 Å². The maximum absolute atomic E-state index is 12.7. The van der Waals surface area contributed by atoms with Crippen molar-refractivity contribution in [3.8, 4) is 11.8 Å². The Morgan fingerprint density at radius 3 is 2.56 bits per heavy atom. The van der Waals surface area contributed by atoms with Gasteiger partial charge in [0.05, 0.1) is 6.61 Å². The first-order valence-electron chi connectivity index (χ1n) is 10.1. The fourth-order valence-corrected chi connectivity index (χ4v) is 3.12. The highest BCUT2D eigenvalue weighted by Gasteiger charge is 2.17. The van der Waals surface area contributed by atoms with Crippen molar-refractivity contribution in [2.75, 3.05) is 0 Å². The Hall–Kier alpha value is -3.77. The molecule has 2 heterocycles. The van der Waals surface area contributed by atoms with Crippen LogP contribution in [0.4, 0.5) is 0 Å². The summed E-state index contributed by atoms with van der Waals surface area (Å²) in [6, 6.07) is 7.14. The minimum atomic E-state index is -0.583.